The van der Waals surface area contributed by atoms with Crippen LogP contribution < -0.4 is 15.5 Å². The minimum absolute atomic E-state index is 0.0288. The van der Waals surface area contributed by atoms with Crippen molar-refractivity contribution >= 4 is 51.7 Å². The molecule has 1 aliphatic heterocycles. The normalized spacial score (nSPS) is 12.8. The Balaban J connectivity index is 0.000000645. The average Bonchev–Trinajstić information content (AvgIpc) is 3.60. The molecule has 0 unspecified atom stereocenters. The van der Waals surface area contributed by atoms with Crippen LogP contribution in [0.25, 0.3) is 28.5 Å². The largest absolute Gasteiger partial charge is 0.507 e. The van der Waals surface area contributed by atoms with E-state index in [0.717, 1.165) is 39.5 Å². The van der Waals surface area contributed by atoms with E-state index in [1.54, 1.807) is 17.9 Å². The molecule has 218 valence electrons. The first-order valence-electron chi connectivity index (χ1n) is 14.0. The number of aromatic hydroxyl groups is 1. The van der Waals surface area contributed by atoms with Gasteiger partial charge in [-0.15, -0.1) is 11.6 Å². The first-order chi connectivity index (χ1) is 19.4. The number of aromatic nitrogens is 1. The van der Waals surface area contributed by atoms with Crippen molar-refractivity contribution in [3.05, 3.63) is 88.6 Å². The van der Waals surface area contributed by atoms with Crippen LogP contribution in [0.1, 0.15) is 72.2 Å². The average molecular weight is 565 g/mol. The Bertz CT molecular complexity index is 1410. The fraction of sp³-hybridized carbons (Fsp3) is 0.343. The van der Waals surface area contributed by atoms with Crippen LogP contribution in [-0.4, -0.2) is 28.9 Å². The van der Waals surface area contributed by atoms with Crippen LogP contribution in [-0.2, 0) is 11.2 Å². The second kappa shape index (κ2) is 19.5. The third-order valence-corrected chi connectivity index (χ3v) is 6.12. The molecule has 2 N–H and O–H groups in total. The number of allylic oxidation sites excluding steroid dienone is 5. The van der Waals surface area contributed by atoms with Gasteiger partial charge in [-0.25, -0.2) is 0 Å². The van der Waals surface area contributed by atoms with E-state index < -0.39 is 0 Å². The molecular weight excluding hydrogens is 516 g/mol. The molecule has 1 aliphatic rings. The monoisotopic (exact) mass is 564 g/mol. The summed E-state index contributed by atoms with van der Waals surface area (Å²) in [6, 6.07) is 9.77. The van der Waals surface area contributed by atoms with E-state index in [-0.39, 0.29) is 11.7 Å². The summed E-state index contributed by atoms with van der Waals surface area (Å²) in [5.41, 5.74) is 5.53. The zero-order chi connectivity index (χ0) is 30.8. The quantitative estimate of drug-likeness (QED) is 0.248. The summed E-state index contributed by atoms with van der Waals surface area (Å²) >= 11 is 4.64. The number of aromatic amines is 1. The molecule has 0 aliphatic carbocycles. The van der Waals surface area contributed by atoms with E-state index in [2.05, 4.69) is 47.5 Å². The fourth-order valence-electron chi connectivity index (χ4n) is 4.54. The number of fused-ring (bicyclic) bond motifs is 3. The Morgan fingerprint density at radius 1 is 1.10 bits per heavy atom. The number of alkyl halides is 1. The van der Waals surface area contributed by atoms with Crippen molar-refractivity contribution in [3.63, 3.8) is 0 Å². The molecule has 40 heavy (non-hydrogen) atoms. The van der Waals surface area contributed by atoms with Gasteiger partial charge in [-0.1, -0.05) is 88.9 Å². The summed E-state index contributed by atoms with van der Waals surface area (Å²) in [4.78, 5) is 16.7. The second-order valence-electron chi connectivity index (χ2n) is 8.30. The first-order valence-corrected chi connectivity index (χ1v) is 14.8. The number of aryl methyl sites for hydroxylation is 1. The molecule has 1 aromatic heterocycles. The SMILES string of the molecule is C=C/C=c1/cc(C(/C=C\C)=C/C)[nH]/c1=C/C.CC.CC.CC(=O)N1CCc2c1cc(O)c1cccc(C)c21.CCl. The van der Waals surface area contributed by atoms with Crippen LogP contribution in [0, 0.1) is 6.92 Å². The van der Waals surface area contributed by atoms with Gasteiger partial charge in [0, 0.05) is 42.3 Å². The van der Waals surface area contributed by atoms with Crippen molar-refractivity contribution in [2.75, 3.05) is 17.8 Å². The first kappa shape index (κ1) is 36.5. The number of amides is 1. The zero-order valence-electron chi connectivity index (χ0n) is 26.2. The molecule has 2 heterocycles. The molecule has 0 atom stereocenters. The lowest BCUT2D eigenvalue weighted by Crippen LogP contribution is -2.25. The van der Waals surface area contributed by atoms with Gasteiger partial charge < -0.3 is 15.0 Å². The van der Waals surface area contributed by atoms with Crippen LogP contribution in [0.3, 0.4) is 0 Å². The number of H-pyrrole nitrogens is 1. The second-order valence-corrected chi connectivity index (χ2v) is 8.30. The van der Waals surface area contributed by atoms with Gasteiger partial charge in [-0.2, -0.15) is 0 Å². The number of benzene rings is 2. The highest BCUT2D eigenvalue weighted by molar-refractivity contribution is 6.15. The number of phenols is 1. The molecule has 0 radical (unpaired) electrons. The summed E-state index contributed by atoms with van der Waals surface area (Å²) in [6.45, 7) is 22.1. The van der Waals surface area contributed by atoms with Crippen molar-refractivity contribution in [1.82, 2.24) is 4.98 Å². The van der Waals surface area contributed by atoms with Gasteiger partial charge in [0.1, 0.15) is 5.75 Å². The molecular formula is C35H49ClN2O2. The lowest BCUT2D eigenvalue weighted by Gasteiger charge is -2.16. The van der Waals surface area contributed by atoms with E-state index in [1.165, 1.54) is 22.7 Å². The molecule has 0 fully saturated rings. The molecule has 0 saturated heterocycles. The van der Waals surface area contributed by atoms with Crippen LogP contribution in [0.4, 0.5) is 5.69 Å². The van der Waals surface area contributed by atoms with Gasteiger partial charge in [0.15, 0.2) is 0 Å². The summed E-state index contributed by atoms with van der Waals surface area (Å²) in [7, 11) is 0. The standard InChI is InChI=1S/C15H15NO2.C15H19N.2C2H6.CH3Cl/c1-9-4-3-5-12-14(18)8-13-11(15(9)12)6-7-16(13)10(2)17;1-5-9-12(7-3)15-11-13(10-6-2)14(8-4)16-15;3*1-2/h3-5,8,18H,6-7H2,1-2H3;5-11,16H,2H2,1,3-4H3;2*1-2H3;1H3/b;9-5-,12-7+,13-10-,14-8+;;;. The lowest BCUT2D eigenvalue weighted by atomic mass is 9.97. The molecule has 5 heteroatoms. The molecule has 0 bridgehead atoms. The Labute approximate surface area is 247 Å². The summed E-state index contributed by atoms with van der Waals surface area (Å²) in [5.74, 6) is 0.279. The van der Waals surface area contributed by atoms with E-state index in [9.17, 15) is 9.90 Å². The van der Waals surface area contributed by atoms with Gasteiger partial charge in [0.25, 0.3) is 0 Å². The van der Waals surface area contributed by atoms with Crippen molar-refractivity contribution in [2.24, 2.45) is 0 Å². The molecule has 3 aromatic rings. The van der Waals surface area contributed by atoms with Crippen LogP contribution in [0.5, 0.6) is 5.75 Å². The maximum atomic E-state index is 11.6. The third-order valence-electron chi connectivity index (χ3n) is 6.12. The Morgan fingerprint density at radius 2 is 1.75 bits per heavy atom. The number of hydrogen-bond acceptors (Lipinski definition) is 2. The van der Waals surface area contributed by atoms with Gasteiger partial charge in [-0.3, -0.25) is 4.79 Å². The number of nitrogens with one attached hydrogen (secondary N) is 1. The van der Waals surface area contributed by atoms with E-state index >= 15 is 0 Å². The lowest BCUT2D eigenvalue weighted by molar-refractivity contribution is -0.116. The Morgan fingerprint density at radius 3 is 2.27 bits per heavy atom. The van der Waals surface area contributed by atoms with E-state index in [0.29, 0.717) is 6.54 Å². The number of carbonyl (C=O) groups is 1. The van der Waals surface area contributed by atoms with Crippen molar-refractivity contribution in [2.45, 2.75) is 68.7 Å². The van der Waals surface area contributed by atoms with Gasteiger partial charge in [-0.05, 0) is 67.5 Å². The summed E-state index contributed by atoms with van der Waals surface area (Å²) in [6.07, 6.45) is 14.5. The smallest absolute Gasteiger partial charge is 0.223 e. The molecule has 0 spiro atoms. The number of carbonyl (C=O) groups excluding carboxylic acids is 1. The van der Waals surface area contributed by atoms with Crippen LogP contribution in [0.15, 0.2) is 61.2 Å². The number of hydrogen-bond donors (Lipinski definition) is 2. The van der Waals surface area contributed by atoms with Gasteiger partial charge >= 0.3 is 0 Å². The molecule has 4 nitrogen and oxygen atoms in total. The van der Waals surface area contributed by atoms with Crippen LogP contribution in [0.2, 0.25) is 0 Å². The minimum atomic E-state index is 0.0288. The molecule has 2 aromatic carbocycles. The Kier molecular flexibility index (Phi) is 17.8. The van der Waals surface area contributed by atoms with Gasteiger partial charge in [0.2, 0.25) is 5.91 Å². The highest BCUT2D eigenvalue weighted by Gasteiger charge is 2.25. The van der Waals surface area contributed by atoms with Crippen LogP contribution >= 0.6 is 11.6 Å². The number of nitrogens with zero attached hydrogens (tertiary/aromatic N) is 1. The van der Waals surface area contributed by atoms with Gasteiger partial charge in [0.05, 0.1) is 5.69 Å². The predicted molar refractivity (Wildman–Crippen MR) is 180 cm³/mol. The summed E-state index contributed by atoms with van der Waals surface area (Å²) < 4.78 is 0. The number of phenolic OH excluding ortho intramolecular Hbond substituents is 1. The number of halogens is 1. The van der Waals surface area contributed by atoms with Crippen molar-refractivity contribution in [3.8, 4) is 5.75 Å². The highest BCUT2D eigenvalue weighted by atomic mass is 35.5. The highest BCUT2D eigenvalue weighted by Crippen LogP contribution is 2.40. The third kappa shape index (κ3) is 9.02. The minimum Gasteiger partial charge on any atom is -0.507 e. The maximum Gasteiger partial charge on any atom is 0.223 e. The Hall–Kier alpha value is -3.50. The number of rotatable bonds is 3. The zero-order valence-corrected chi connectivity index (χ0v) is 26.9. The predicted octanol–water partition coefficient (Wildman–Crippen LogP) is 8.43. The maximum absolute atomic E-state index is 11.6. The molecule has 1 amide bonds. The topological polar surface area (TPSA) is 56.3 Å². The van der Waals surface area contributed by atoms with Crippen molar-refractivity contribution < 1.29 is 9.90 Å². The van der Waals surface area contributed by atoms with E-state index in [1.807, 2.05) is 91.8 Å². The summed E-state index contributed by atoms with van der Waals surface area (Å²) in [5, 5.41) is 14.4. The van der Waals surface area contributed by atoms with Crippen molar-refractivity contribution in [1.29, 1.82) is 0 Å². The van der Waals surface area contributed by atoms with E-state index in [4.69, 9.17) is 0 Å². The molecule has 4 rings (SSSR count). The fourth-order valence-corrected chi connectivity index (χ4v) is 4.54. The molecule has 0 saturated carbocycles. The number of anilines is 1.